The normalized spacial score (nSPS) is 32.9. The number of esters is 2. The van der Waals surface area contributed by atoms with Gasteiger partial charge in [-0.2, -0.15) is 15.5 Å². The second-order valence-electron chi connectivity index (χ2n) is 27.8. The minimum Gasteiger partial charge on any atom is -0.449 e. The van der Waals surface area contributed by atoms with Gasteiger partial charge in [-0.1, -0.05) is 88.7 Å². The Morgan fingerprint density at radius 2 is 1.09 bits per heavy atom. The summed E-state index contributed by atoms with van der Waals surface area (Å²) in [4.78, 5) is 99.8. The van der Waals surface area contributed by atoms with Gasteiger partial charge in [0.15, 0.2) is 22.8 Å². The van der Waals surface area contributed by atoms with Crippen molar-refractivity contribution >= 4 is 82.1 Å². The van der Waals surface area contributed by atoms with Gasteiger partial charge >= 0.3 is 11.9 Å². The van der Waals surface area contributed by atoms with Gasteiger partial charge in [0, 0.05) is 60.5 Å². The summed E-state index contributed by atoms with van der Waals surface area (Å²) in [5.74, 6) is -1.76. The first-order chi connectivity index (χ1) is 43.2. The smallest absolute Gasteiger partial charge is 0.306 e. The number of Topliss-reactive ketones (excluding diaryl/α,β-unsaturated/α-hetero) is 2. The van der Waals surface area contributed by atoms with E-state index in [2.05, 4.69) is 38.6 Å². The highest BCUT2D eigenvalue weighted by Crippen LogP contribution is 2.71. The number of rotatable bonds is 17. The van der Waals surface area contributed by atoms with Crippen molar-refractivity contribution in [3.63, 3.8) is 0 Å². The van der Waals surface area contributed by atoms with E-state index in [1.54, 1.807) is 38.1 Å². The Bertz CT molecular complexity index is 3770. The zero-order chi connectivity index (χ0) is 65.3. The number of nitriles is 1. The van der Waals surface area contributed by atoms with E-state index >= 15 is 0 Å². The minimum absolute atomic E-state index is 0.000265. The zero-order valence-corrected chi connectivity index (χ0v) is 54.4. The van der Waals surface area contributed by atoms with Gasteiger partial charge < -0.3 is 31.2 Å². The van der Waals surface area contributed by atoms with Crippen LogP contribution in [0.15, 0.2) is 72.1 Å². The van der Waals surface area contributed by atoms with Gasteiger partial charge in [-0.3, -0.25) is 38.4 Å². The van der Waals surface area contributed by atoms with Crippen LogP contribution in [0.1, 0.15) is 188 Å². The molecule has 14 atom stereocenters. The molecular formula is C70H83N7O12S2. The first-order valence-electron chi connectivity index (χ1n) is 32.2. The van der Waals surface area contributed by atoms with Gasteiger partial charge in [0.2, 0.25) is 22.0 Å². The van der Waals surface area contributed by atoms with Crippen LogP contribution in [-0.4, -0.2) is 104 Å². The summed E-state index contributed by atoms with van der Waals surface area (Å²) in [7, 11) is 0. The average molecular weight is 1280 g/mol. The Morgan fingerprint density at radius 1 is 0.659 bits per heavy atom. The number of thioether (sulfide) groups is 1. The molecule has 0 saturated heterocycles. The highest BCUT2D eigenvalue weighted by molar-refractivity contribution is 8.14. The molecule has 21 heteroatoms. The maximum atomic E-state index is 13.8. The number of nitrogens with zero attached hydrogens (tertiary/aromatic N) is 5. The first-order valence-corrected chi connectivity index (χ1v) is 33.6. The van der Waals surface area contributed by atoms with E-state index in [-0.39, 0.29) is 107 Å². The second kappa shape index (κ2) is 24.8. The summed E-state index contributed by atoms with van der Waals surface area (Å²) in [6.07, 6.45) is 15.0. The molecule has 19 nitrogen and oxygen atoms in total. The predicted octanol–water partition coefficient (Wildman–Crippen LogP) is 9.57. The number of thiol groups is 1. The van der Waals surface area contributed by atoms with E-state index < -0.39 is 63.1 Å². The number of amides is 2. The minimum atomic E-state index is -1.37. The summed E-state index contributed by atoms with van der Waals surface area (Å²) in [5.41, 5.74) is 14.8. The molecule has 4 aromatic rings. The van der Waals surface area contributed by atoms with E-state index in [4.69, 9.17) is 31.1 Å². The van der Waals surface area contributed by atoms with Gasteiger partial charge in [0.25, 0.3) is 0 Å². The number of carbonyl (C=O) groups excluding carboxylic acids is 8. The maximum absolute atomic E-state index is 13.8. The number of primary amides is 2. The van der Waals surface area contributed by atoms with Gasteiger partial charge in [-0.05, 0) is 171 Å². The van der Waals surface area contributed by atoms with Gasteiger partial charge in [-0.15, -0.1) is 12.6 Å². The quantitative estimate of drug-likeness (QED) is 0.0373. The van der Waals surface area contributed by atoms with Crippen LogP contribution >= 0.6 is 24.4 Å². The van der Waals surface area contributed by atoms with Crippen LogP contribution in [0.2, 0.25) is 0 Å². The number of ether oxygens (including phenoxy) is 2. The van der Waals surface area contributed by atoms with Crippen molar-refractivity contribution in [1.82, 2.24) is 19.6 Å². The fraction of sp³-hybridized carbons (Fsp3) is 0.557. The molecule has 2 heterocycles. The highest BCUT2D eigenvalue weighted by Gasteiger charge is 2.72. The van der Waals surface area contributed by atoms with Crippen LogP contribution in [0.4, 0.5) is 0 Å². The maximum Gasteiger partial charge on any atom is 0.306 e. The van der Waals surface area contributed by atoms with Crippen LogP contribution < -0.4 is 11.5 Å². The van der Waals surface area contributed by atoms with Crippen molar-refractivity contribution in [2.45, 2.75) is 181 Å². The summed E-state index contributed by atoms with van der Waals surface area (Å²) >= 11 is 5.16. The molecule has 12 rings (SSSR count). The summed E-state index contributed by atoms with van der Waals surface area (Å²) in [6, 6.07) is 16.5. The lowest BCUT2D eigenvalue weighted by Gasteiger charge is -2.60. The molecule has 6 N–H and O–H groups in total. The fourth-order valence-corrected chi connectivity index (χ4v) is 20.2. The Balaban J connectivity index is 0.000000187. The molecule has 6 saturated carbocycles. The topological polar surface area (TPSA) is 307 Å². The van der Waals surface area contributed by atoms with Gasteiger partial charge in [-0.25, -0.2) is 9.36 Å². The van der Waals surface area contributed by atoms with Crippen LogP contribution in [0.5, 0.6) is 0 Å². The molecule has 2 amide bonds. The number of aliphatic hydroxyl groups excluding tert-OH is 2. The molecule has 0 radical (unpaired) electrons. The molecule has 482 valence electrons. The third-order valence-electron chi connectivity index (χ3n) is 23.2. The summed E-state index contributed by atoms with van der Waals surface area (Å²) in [5, 5.41) is 41.9. The molecule has 2 aromatic heterocycles. The van der Waals surface area contributed by atoms with Crippen molar-refractivity contribution in [2.75, 3.05) is 5.75 Å². The van der Waals surface area contributed by atoms with Crippen LogP contribution in [-0.2, 0) is 51.1 Å². The predicted molar refractivity (Wildman–Crippen MR) is 343 cm³/mol. The molecule has 6 fully saturated rings. The average Bonchev–Trinajstić information content (AvgIpc) is 1.64. The van der Waals surface area contributed by atoms with E-state index in [0.29, 0.717) is 56.1 Å². The third-order valence-corrected chi connectivity index (χ3v) is 24.4. The largest absolute Gasteiger partial charge is 0.449 e. The van der Waals surface area contributed by atoms with Crippen molar-refractivity contribution in [3.8, 4) is 17.4 Å². The van der Waals surface area contributed by atoms with E-state index in [0.717, 1.165) is 77.8 Å². The number of hydrogen-bond donors (Lipinski definition) is 5. The van der Waals surface area contributed by atoms with Crippen LogP contribution in [0.3, 0.4) is 0 Å². The Labute approximate surface area is 540 Å². The van der Waals surface area contributed by atoms with E-state index in [1.165, 1.54) is 11.1 Å². The number of hydrogen-bond acceptors (Lipinski definition) is 16. The highest BCUT2D eigenvalue weighted by atomic mass is 32.2. The summed E-state index contributed by atoms with van der Waals surface area (Å²) in [6.45, 7) is 12.0. The monoisotopic (exact) mass is 1280 g/mol. The van der Waals surface area contributed by atoms with Gasteiger partial charge in [0.1, 0.15) is 0 Å². The van der Waals surface area contributed by atoms with Crippen molar-refractivity contribution in [3.05, 3.63) is 106 Å². The number of ketones is 2. The number of carbonyl (C=O) groups is 8. The lowest BCUT2D eigenvalue weighted by molar-refractivity contribution is -0.196. The molecule has 8 aliphatic rings. The molecular weight excluding hydrogens is 1190 g/mol. The Kier molecular flexibility index (Phi) is 17.9. The van der Waals surface area contributed by atoms with E-state index in [1.807, 2.05) is 65.9 Å². The van der Waals surface area contributed by atoms with E-state index in [9.17, 15) is 53.8 Å². The molecule has 0 bridgehead atoms. The number of nitrogens with two attached hydrogens (primary N) is 2. The van der Waals surface area contributed by atoms with Crippen LogP contribution in [0, 0.1) is 68.5 Å². The first kappa shape index (κ1) is 65.5. The molecule has 0 aliphatic heterocycles. The summed E-state index contributed by atoms with van der Waals surface area (Å²) < 4.78 is 15.7. The Hall–Kier alpha value is -6.99. The van der Waals surface area contributed by atoms with Crippen molar-refractivity contribution in [2.24, 2.45) is 68.6 Å². The zero-order valence-electron chi connectivity index (χ0n) is 52.7. The number of fused-ring (bicyclic) bond motifs is 12. The standard InChI is InChI=1S/C36H42N4O6S.C34H41N3O6S/c1-4-31(44)46-36(33(45)47-15-14-37)13-12-26-25-9-8-23-17-27-22(18-34(23,2)32(25)29(42)19-35(26,36)3)20-39-40(27)24-7-5-6-21(16-24)28(41)10-11-30(38)43;1-4-29(41)43-34(31(42)44)13-12-24-23-9-8-21-15-25-20(16-32(21,2)30(23)27(39)17-33(24,34)3)18-36-37(25)22-7-5-6-19(14-22)26(38)10-11-28(35)40/h5-7,16-17,20,25-26,29,32,42H,4,8-13,15,18-19H2,1-3H3,(H2,38,43);5-7,14-15,18,23-24,27,30,39H,4,8-13,16-17H2,1-3H3,(H2,35,40)(H,42,44)/t25-,26-,29-,32+,34-,35-,36-;23-,24-,27-,30+,32-,33-,34-/m00/s1. The lowest BCUT2D eigenvalue weighted by atomic mass is 9.45. The van der Waals surface area contributed by atoms with Crippen molar-refractivity contribution < 1.29 is 58.0 Å². The number of aromatic nitrogens is 4. The molecule has 0 spiro atoms. The lowest BCUT2D eigenvalue weighted by Crippen LogP contribution is -2.62. The third kappa shape index (κ3) is 11.0. The molecule has 8 aliphatic carbocycles. The molecule has 2 aromatic carbocycles. The number of aliphatic hydroxyl groups is 2. The molecule has 0 unspecified atom stereocenters. The molecule has 91 heavy (non-hydrogen) atoms. The SMILES string of the molecule is CCC(=O)O[C@]1(C(=O)S)CC[C@H]2[C@@H]3CCC4=Cc5c(cnn5-c5cccc(C(=O)CCC(N)=O)c5)C[C@]4(C)[C@H]3[C@@H](O)C[C@@]21C.CCC(=O)O[C@]1(C(=O)SCC#N)CC[C@H]2[C@@H]3CCC4=Cc5c(cnn5-c5cccc(C(=O)CCC(N)=O)c5)C[C@]4(C)[C@H]3[C@@H](O)C[C@@]21C. The fourth-order valence-electron chi connectivity index (χ4n) is 19.0. The Morgan fingerprint density at radius 3 is 1.51 bits per heavy atom. The van der Waals surface area contributed by atoms with Crippen molar-refractivity contribution in [1.29, 1.82) is 5.26 Å². The second-order valence-corrected chi connectivity index (χ2v) is 29.2. The number of benzene rings is 2. The number of allylic oxidation sites excluding steroid dienone is 2. The van der Waals surface area contributed by atoms with Crippen LogP contribution in [0.25, 0.3) is 23.5 Å². The van der Waals surface area contributed by atoms with Gasteiger partial charge in [0.05, 0.1) is 59.2 Å².